The Hall–Kier alpha value is -2.42. The van der Waals surface area contributed by atoms with Gasteiger partial charge in [-0.25, -0.2) is 9.59 Å². The molecule has 0 saturated carbocycles. The molecule has 0 aliphatic heterocycles. The zero-order valence-electron chi connectivity index (χ0n) is 14.5. The summed E-state index contributed by atoms with van der Waals surface area (Å²) >= 11 is 0. The Morgan fingerprint density at radius 1 is 0.917 bits per heavy atom. The number of rotatable bonds is 4. The van der Waals surface area contributed by atoms with Crippen molar-refractivity contribution in [3.8, 4) is 0 Å². The van der Waals surface area contributed by atoms with Crippen LogP contribution in [0.4, 0.5) is 0 Å². The molecule has 4 heteroatoms. The van der Waals surface area contributed by atoms with Crippen LogP contribution in [-0.2, 0) is 14.0 Å². The van der Waals surface area contributed by atoms with Gasteiger partial charge in [-0.3, -0.25) is 0 Å². The lowest BCUT2D eigenvalue weighted by Crippen LogP contribution is -2.67. The zero-order chi connectivity index (χ0) is 17.8. The molecular formula is C20H22O3Si. The van der Waals surface area contributed by atoms with Gasteiger partial charge in [0.1, 0.15) is 11.5 Å². The van der Waals surface area contributed by atoms with E-state index < -0.39 is 14.3 Å². The monoisotopic (exact) mass is 338 g/mol. The SMILES string of the molecule is CC(=C=O)C(=O)O[Si](c1ccccc1)(c1ccccc1)C(C)(C)C. The first-order chi connectivity index (χ1) is 11.3. The van der Waals surface area contributed by atoms with Crippen molar-refractivity contribution in [2.24, 2.45) is 0 Å². The molecule has 0 aliphatic carbocycles. The molecule has 124 valence electrons. The number of carbonyl (C=O) groups is 1. The van der Waals surface area contributed by atoms with Crippen LogP contribution >= 0.6 is 0 Å². The minimum absolute atomic E-state index is 0.0389. The third-order valence-corrected chi connectivity index (χ3v) is 9.02. The lowest BCUT2D eigenvalue weighted by Gasteiger charge is -2.42. The van der Waals surface area contributed by atoms with Crippen molar-refractivity contribution >= 4 is 30.6 Å². The van der Waals surface area contributed by atoms with Crippen molar-refractivity contribution in [1.29, 1.82) is 0 Å². The first-order valence-electron chi connectivity index (χ1n) is 7.89. The Balaban J connectivity index is 2.75. The first kappa shape index (κ1) is 17.9. The second-order valence-electron chi connectivity index (χ2n) is 6.78. The number of carbonyl (C=O) groups excluding carboxylic acids is 2. The van der Waals surface area contributed by atoms with Gasteiger partial charge in [-0.2, -0.15) is 0 Å². The lowest BCUT2D eigenvalue weighted by atomic mass is 10.2. The molecule has 0 unspecified atom stereocenters. The molecule has 0 aliphatic rings. The summed E-state index contributed by atoms with van der Waals surface area (Å²) in [5.41, 5.74) is -0.0389. The minimum Gasteiger partial charge on any atom is -0.506 e. The van der Waals surface area contributed by atoms with Gasteiger partial charge in [0.2, 0.25) is 0 Å². The summed E-state index contributed by atoms with van der Waals surface area (Å²) in [7, 11) is -2.94. The Morgan fingerprint density at radius 2 is 1.33 bits per heavy atom. The van der Waals surface area contributed by atoms with Gasteiger partial charge >= 0.3 is 14.3 Å². The highest BCUT2D eigenvalue weighted by atomic mass is 28.4. The summed E-state index contributed by atoms with van der Waals surface area (Å²) in [6.45, 7) is 7.67. The first-order valence-corrected chi connectivity index (χ1v) is 9.80. The van der Waals surface area contributed by atoms with Gasteiger partial charge in [0, 0.05) is 0 Å². The Kier molecular flexibility index (Phi) is 5.22. The van der Waals surface area contributed by atoms with Crippen molar-refractivity contribution < 1.29 is 14.0 Å². The summed E-state index contributed by atoms with van der Waals surface area (Å²) in [6, 6.07) is 19.7. The summed E-state index contributed by atoms with van der Waals surface area (Å²) in [4.78, 5) is 23.4. The highest BCUT2D eigenvalue weighted by Crippen LogP contribution is 2.37. The van der Waals surface area contributed by atoms with Crippen LogP contribution in [0.1, 0.15) is 27.7 Å². The smallest absolute Gasteiger partial charge is 0.332 e. The van der Waals surface area contributed by atoms with E-state index in [0.717, 1.165) is 10.4 Å². The van der Waals surface area contributed by atoms with E-state index in [1.54, 1.807) is 5.94 Å². The molecule has 0 aromatic heterocycles. The second kappa shape index (κ2) is 6.99. The molecule has 2 rings (SSSR count). The summed E-state index contributed by atoms with van der Waals surface area (Å²) in [6.07, 6.45) is 0. The van der Waals surface area contributed by atoms with Gasteiger partial charge in [0.05, 0.1) is 0 Å². The van der Waals surface area contributed by atoms with Crippen molar-refractivity contribution in [3.63, 3.8) is 0 Å². The molecule has 0 bridgehead atoms. The molecule has 0 amide bonds. The van der Waals surface area contributed by atoms with Crippen LogP contribution < -0.4 is 10.4 Å². The predicted octanol–water partition coefficient (Wildman–Crippen LogP) is 2.87. The van der Waals surface area contributed by atoms with Gasteiger partial charge in [-0.15, -0.1) is 0 Å². The zero-order valence-corrected chi connectivity index (χ0v) is 15.5. The van der Waals surface area contributed by atoms with Crippen molar-refractivity contribution in [2.45, 2.75) is 32.7 Å². The molecule has 0 spiro atoms. The molecule has 0 fully saturated rings. The summed E-state index contributed by atoms with van der Waals surface area (Å²) < 4.78 is 6.13. The Bertz CT molecular complexity index is 715. The van der Waals surface area contributed by atoms with E-state index in [9.17, 15) is 9.59 Å². The molecule has 2 aromatic carbocycles. The number of benzene rings is 2. The molecule has 0 saturated heterocycles. The minimum atomic E-state index is -2.94. The van der Waals surface area contributed by atoms with Crippen molar-refractivity contribution in [3.05, 3.63) is 66.2 Å². The third-order valence-electron chi connectivity index (χ3n) is 4.12. The highest BCUT2D eigenvalue weighted by Gasteiger charge is 2.53. The average Bonchev–Trinajstić information content (AvgIpc) is 2.59. The molecule has 3 nitrogen and oxygen atoms in total. The molecular weight excluding hydrogens is 316 g/mol. The van der Waals surface area contributed by atoms with Crippen LogP contribution in [0.3, 0.4) is 0 Å². The molecule has 0 atom stereocenters. The molecule has 0 N–H and O–H groups in total. The van der Waals surface area contributed by atoms with Crippen LogP contribution in [0.5, 0.6) is 0 Å². The van der Waals surface area contributed by atoms with Crippen LogP contribution in [0.2, 0.25) is 5.04 Å². The maximum atomic E-state index is 12.5. The fourth-order valence-electron chi connectivity index (χ4n) is 2.91. The fraction of sp³-hybridized carbons (Fsp3) is 0.250. The van der Waals surface area contributed by atoms with E-state index in [2.05, 4.69) is 20.8 Å². The van der Waals surface area contributed by atoms with E-state index in [1.165, 1.54) is 6.92 Å². The van der Waals surface area contributed by atoms with E-state index in [0.29, 0.717) is 0 Å². The maximum Gasteiger partial charge on any atom is 0.332 e. The van der Waals surface area contributed by atoms with Gasteiger partial charge in [0.25, 0.3) is 0 Å². The standard InChI is InChI=1S/C20H22O3Si/c1-16(15-21)19(22)23-24(20(2,3)4,17-11-7-5-8-12-17)18-13-9-6-10-14-18/h5-14H,1-4H3. The Morgan fingerprint density at radius 3 is 1.67 bits per heavy atom. The van der Waals surface area contributed by atoms with Crippen molar-refractivity contribution in [2.75, 3.05) is 0 Å². The van der Waals surface area contributed by atoms with Gasteiger partial charge < -0.3 is 4.43 Å². The Labute approximate surface area is 144 Å². The third kappa shape index (κ3) is 3.25. The van der Waals surface area contributed by atoms with Gasteiger partial charge in [-0.05, 0) is 22.3 Å². The second-order valence-corrected chi connectivity index (χ2v) is 11.0. The van der Waals surface area contributed by atoms with Gasteiger partial charge in [0.15, 0.2) is 0 Å². The average molecular weight is 338 g/mol. The quantitative estimate of drug-likeness (QED) is 0.489. The van der Waals surface area contributed by atoms with Gasteiger partial charge in [-0.1, -0.05) is 81.4 Å². The molecule has 24 heavy (non-hydrogen) atoms. The van der Waals surface area contributed by atoms with E-state index in [-0.39, 0.29) is 10.6 Å². The van der Waals surface area contributed by atoms with Crippen LogP contribution in [0, 0.1) is 0 Å². The van der Waals surface area contributed by atoms with E-state index >= 15 is 0 Å². The fourth-order valence-corrected chi connectivity index (χ4v) is 7.27. The van der Waals surface area contributed by atoms with Crippen LogP contribution in [0.15, 0.2) is 66.2 Å². The van der Waals surface area contributed by atoms with Crippen molar-refractivity contribution in [1.82, 2.24) is 0 Å². The normalized spacial score (nSPS) is 11.5. The van der Waals surface area contributed by atoms with E-state index in [4.69, 9.17) is 4.43 Å². The van der Waals surface area contributed by atoms with E-state index in [1.807, 2.05) is 60.7 Å². The highest BCUT2D eigenvalue weighted by molar-refractivity contribution is 7.00. The number of hydrogen-bond donors (Lipinski definition) is 0. The van der Waals surface area contributed by atoms with Crippen LogP contribution in [-0.4, -0.2) is 20.2 Å². The molecule has 2 aromatic rings. The number of hydrogen-bond acceptors (Lipinski definition) is 3. The molecule has 0 radical (unpaired) electrons. The van der Waals surface area contributed by atoms with Crippen LogP contribution in [0.25, 0.3) is 0 Å². The lowest BCUT2D eigenvalue weighted by molar-refractivity contribution is -0.130. The topological polar surface area (TPSA) is 43.4 Å². The summed E-state index contributed by atoms with van der Waals surface area (Å²) in [5, 5.41) is 1.68. The molecule has 0 heterocycles. The predicted molar refractivity (Wildman–Crippen MR) is 98.6 cm³/mol. The largest absolute Gasteiger partial charge is 0.506 e. The maximum absolute atomic E-state index is 12.5. The summed E-state index contributed by atoms with van der Waals surface area (Å²) in [5.74, 6) is 1.06.